The Morgan fingerprint density at radius 3 is 2.74 bits per heavy atom. The minimum atomic E-state index is -0.448. The molecule has 1 aromatic carbocycles. The molecule has 2 heterocycles. The molecule has 3 aromatic rings. The number of nitrogens with one attached hydrogen (secondary N) is 2. The van der Waals surface area contributed by atoms with Gasteiger partial charge in [0.15, 0.2) is 0 Å². The van der Waals surface area contributed by atoms with E-state index in [1.165, 1.54) is 5.56 Å². The van der Waals surface area contributed by atoms with Crippen LogP contribution < -0.4 is 5.32 Å². The van der Waals surface area contributed by atoms with Crippen molar-refractivity contribution in [1.29, 1.82) is 5.26 Å². The SMILES string of the molecule is CCc1ccc(-c2[nH]ncc2C=C(C#N)C(=O)NCc2ccccn2)cc1. The molecular formula is C21H19N5O. The summed E-state index contributed by atoms with van der Waals surface area (Å²) in [5.74, 6) is -0.448. The number of nitrogens with zero attached hydrogens (tertiary/aromatic N) is 3. The van der Waals surface area contributed by atoms with Crippen molar-refractivity contribution in [3.8, 4) is 17.3 Å². The molecule has 0 aliphatic carbocycles. The van der Waals surface area contributed by atoms with E-state index in [0.717, 1.165) is 23.4 Å². The molecule has 6 heteroatoms. The Morgan fingerprint density at radius 2 is 2.07 bits per heavy atom. The second-order valence-corrected chi connectivity index (χ2v) is 5.92. The predicted molar refractivity (Wildman–Crippen MR) is 103 cm³/mol. The number of rotatable bonds is 6. The van der Waals surface area contributed by atoms with E-state index in [9.17, 15) is 10.1 Å². The van der Waals surface area contributed by atoms with Gasteiger partial charge in [0, 0.05) is 17.3 Å². The summed E-state index contributed by atoms with van der Waals surface area (Å²) in [6.45, 7) is 2.36. The summed E-state index contributed by atoms with van der Waals surface area (Å²) in [4.78, 5) is 16.5. The average Bonchev–Trinajstić information content (AvgIpc) is 3.19. The molecule has 0 radical (unpaired) electrons. The predicted octanol–water partition coefficient (Wildman–Crippen LogP) is 3.26. The molecule has 6 nitrogen and oxygen atoms in total. The van der Waals surface area contributed by atoms with E-state index in [1.54, 1.807) is 24.5 Å². The number of pyridine rings is 1. The molecule has 0 atom stereocenters. The van der Waals surface area contributed by atoms with Crippen molar-refractivity contribution in [3.63, 3.8) is 0 Å². The molecular weight excluding hydrogens is 338 g/mol. The summed E-state index contributed by atoms with van der Waals surface area (Å²) in [6.07, 6.45) is 5.77. The molecule has 0 unspecified atom stereocenters. The van der Waals surface area contributed by atoms with Gasteiger partial charge in [0.05, 0.1) is 24.1 Å². The standard InChI is InChI=1S/C21H19N5O/c1-2-15-6-8-16(9-7-15)20-18(13-25-26-20)11-17(12-22)21(27)24-14-19-5-3-4-10-23-19/h3-11,13H,2,14H2,1H3,(H,24,27)(H,25,26). The molecule has 3 rings (SSSR count). The first-order chi connectivity index (χ1) is 13.2. The molecule has 1 amide bonds. The maximum Gasteiger partial charge on any atom is 0.262 e. The van der Waals surface area contributed by atoms with E-state index < -0.39 is 5.91 Å². The monoisotopic (exact) mass is 357 g/mol. The van der Waals surface area contributed by atoms with Crippen LogP contribution in [0.25, 0.3) is 17.3 Å². The minimum absolute atomic E-state index is 0.0127. The van der Waals surface area contributed by atoms with Crippen LogP contribution in [-0.2, 0) is 17.8 Å². The number of carbonyl (C=O) groups is 1. The Hall–Kier alpha value is -3.72. The highest BCUT2D eigenvalue weighted by Gasteiger charge is 2.12. The zero-order valence-corrected chi connectivity index (χ0v) is 14.9. The van der Waals surface area contributed by atoms with Gasteiger partial charge in [0.1, 0.15) is 11.6 Å². The largest absolute Gasteiger partial charge is 0.346 e. The van der Waals surface area contributed by atoms with Gasteiger partial charge < -0.3 is 5.32 Å². The first-order valence-corrected chi connectivity index (χ1v) is 8.64. The minimum Gasteiger partial charge on any atom is -0.346 e. The fourth-order valence-corrected chi connectivity index (χ4v) is 2.62. The van der Waals surface area contributed by atoms with Crippen molar-refractivity contribution in [2.45, 2.75) is 19.9 Å². The number of carbonyl (C=O) groups excluding carboxylic acids is 1. The van der Waals surface area contributed by atoms with E-state index >= 15 is 0 Å². The molecule has 0 aliphatic heterocycles. The molecule has 0 saturated carbocycles. The summed E-state index contributed by atoms with van der Waals surface area (Å²) in [6, 6.07) is 15.5. The van der Waals surface area contributed by atoms with E-state index in [2.05, 4.69) is 39.6 Å². The van der Waals surface area contributed by atoms with Gasteiger partial charge in [-0.15, -0.1) is 0 Å². The fourth-order valence-electron chi connectivity index (χ4n) is 2.62. The zero-order chi connectivity index (χ0) is 19.1. The third kappa shape index (κ3) is 4.47. The van der Waals surface area contributed by atoms with E-state index in [-0.39, 0.29) is 12.1 Å². The second-order valence-electron chi connectivity index (χ2n) is 5.92. The number of aryl methyl sites for hydroxylation is 1. The molecule has 0 aliphatic rings. The van der Waals surface area contributed by atoms with Crippen LogP contribution in [-0.4, -0.2) is 21.1 Å². The van der Waals surface area contributed by atoms with Gasteiger partial charge in [0.2, 0.25) is 0 Å². The Labute approximate surface area is 157 Å². The smallest absolute Gasteiger partial charge is 0.262 e. The molecule has 2 N–H and O–H groups in total. The van der Waals surface area contributed by atoms with Gasteiger partial charge in [-0.3, -0.25) is 14.9 Å². The van der Waals surface area contributed by atoms with Gasteiger partial charge in [-0.25, -0.2) is 0 Å². The number of aromatic amines is 1. The number of aromatic nitrogens is 3. The molecule has 0 saturated heterocycles. The Bertz CT molecular complexity index is 981. The van der Waals surface area contributed by atoms with Crippen LogP contribution in [0.15, 0.2) is 60.4 Å². The quantitative estimate of drug-likeness (QED) is 0.523. The van der Waals surface area contributed by atoms with Crippen LogP contribution in [0.1, 0.15) is 23.7 Å². The van der Waals surface area contributed by atoms with Crippen LogP contribution in [0, 0.1) is 11.3 Å². The first-order valence-electron chi connectivity index (χ1n) is 8.64. The lowest BCUT2D eigenvalue weighted by molar-refractivity contribution is -0.117. The lowest BCUT2D eigenvalue weighted by Crippen LogP contribution is -2.24. The number of amides is 1. The summed E-state index contributed by atoms with van der Waals surface area (Å²) in [7, 11) is 0. The van der Waals surface area contributed by atoms with E-state index in [1.807, 2.05) is 30.3 Å². The zero-order valence-electron chi connectivity index (χ0n) is 14.9. The van der Waals surface area contributed by atoms with Crippen LogP contribution in [0.2, 0.25) is 0 Å². The topological polar surface area (TPSA) is 94.5 Å². The summed E-state index contributed by atoms with van der Waals surface area (Å²) in [5, 5.41) is 19.1. The van der Waals surface area contributed by atoms with Crippen molar-refractivity contribution in [1.82, 2.24) is 20.5 Å². The number of H-pyrrole nitrogens is 1. The molecule has 0 bridgehead atoms. The average molecular weight is 357 g/mol. The van der Waals surface area contributed by atoms with Crippen LogP contribution in [0.4, 0.5) is 0 Å². The first kappa shape index (κ1) is 18.1. The molecule has 2 aromatic heterocycles. The number of hydrogen-bond acceptors (Lipinski definition) is 4. The molecule has 0 spiro atoms. The third-order valence-electron chi connectivity index (χ3n) is 4.14. The normalized spacial score (nSPS) is 11.0. The van der Waals surface area contributed by atoms with Gasteiger partial charge in [-0.2, -0.15) is 10.4 Å². The Balaban J connectivity index is 1.78. The van der Waals surface area contributed by atoms with Gasteiger partial charge >= 0.3 is 0 Å². The van der Waals surface area contributed by atoms with Crippen LogP contribution in [0.5, 0.6) is 0 Å². The Morgan fingerprint density at radius 1 is 1.26 bits per heavy atom. The molecule has 0 fully saturated rings. The van der Waals surface area contributed by atoms with Crippen molar-refractivity contribution in [2.24, 2.45) is 0 Å². The second kappa shape index (κ2) is 8.59. The van der Waals surface area contributed by atoms with Crippen molar-refractivity contribution >= 4 is 12.0 Å². The molecule has 134 valence electrons. The van der Waals surface area contributed by atoms with Crippen molar-refractivity contribution in [3.05, 3.63) is 77.3 Å². The molecule has 27 heavy (non-hydrogen) atoms. The highest BCUT2D eigenvalue weighted by Crippen LogP contribution is 2.23. The fraction of sp³-hybridized carbons (Fsp3) is 0.143. The highest BCUT2D eigenvalue weighted by molar-refractivity contribution is 6.02. The lowest BCUT2D eigenvalue weighted by atomic mass is 10.0. The van der Waals surface area contributed by atoms with Gasteiger partial charge in [-0.05, 0) is 30.2 Å². The van der Waals surface area contributed by atoms with Crippen molar-refractivity contribution in [2.75, 3.05) is 0 Å². The number of benzene rings is 1. The lowest BCUT2D eigenvalue weighted by Gasteiger charge is -2.05. The summed E-state index contributed by atoms with van der Waals surface area (Å²) < 4.78 is 0. The van der Waals surface area contributed by atoms with Crippen LogP contribution in [0.3, 0.4) is 0 Å². The number of hydrogen-bond donors (Lipinski definition) is 2. The highest BCUT2D eigenvalue weighted by atomic mass is 16.1. The van der Waals surface area contributed by atoms with Crippen LogP contribution >= 0.6 is 0 Å². The van der Waals surface area contributed by atoms with E-state index in [0.29, 0.717) is 5.56 Å². The van der Waals surface area contributed by atoms with Crippen molar-refractivity contribution < 1.29 is 4.79 Å². The van der Waals surface area contributed by atoms with Gasteiger partial charge in [0.25, 0.3) is 5.91 Å². The van der Waals surface area contributed by atoms with Gasteiger partial charge in [-0.1, -0.05) is 37.3 Å². The Kier molecular flexibility index (Phi) is 5.75. The summed E-state index contributed by atoms with van der Waals surface area (Å²) in [5.41, 5.74) is 4.37. The van der Waals surface area contributed by atoms with E-state index in [4.69, 9.17) is 0 Å². The summed E-state index contributed by atoms with van der Waals surface area (Å²) >= 11 is 0. The number of nitriles is 1. The maximum atomic E-state index is 12.3. The third-order valence-corrected chi connectivity index (χ3v) is 4.14. The maximum absolute atomic E-state index is 12.3.